The van der Waals surface area contributed by atoms with Crippen molar-refractivity contribution in [3.63, 3.8) is 0 Å². The summed E-state index contributed by atoms with van der Waals surface area (Å²) < 4.78 is 10.9. The fourth-order valence-corrected chi connectivity index (χ4v) is 3.36. The van der Waals surface area contributed by atoms with E-state index in [4.69, 9.17) is 9.15 Å². The van der Waals surface area contributed by atoms with Crippen LogP contribution in [0.1, 0.15) is 43.7 Å². The van der Waals surface area contributed by atoms with Crippen molar-refractivity contribution in [2.45, 2.75) is 39.2 Å². The van der Waals surface area contributed by atoms with Gasteiger partial charge in [-0.3, -0.25) is 4.90 Å². The second-order valence-electron chi connectivity index (χ2n) is 6.43. The number of likely N-dealkylation sites (tertiary alicyclic amines) is 1. The molecule has 3 heterocycles. The quantitative estimate of drug-likeness (QED) is 0.798. The van der Waals surface area contributed by atoms with Crippen LogP contribution in [0.2, 0.25) is 0 Å². The highest BCUT2D eigenvalue weighted by Gasteiger charge is 2.36. The first kappa shape index (κ1) is 17.5. The Balaban J connectivity index is 1.95. The highest BCUT2D eigenvalue weighted by Crippen LogP contribution is 2.29. The molecule has 0 radical (unpaired) electrons. The largest absolute Gasteiger partial charge is 0.464 e. The van der Waals surface area contributed by atoms with Gasteiger partial charge in [-0.2, -0.15) is 0 Å². The van der Waals surface area contributed by atoms with Crippen LogP contribution < -0.4 is 10.6 Å². The third kappa shape index (κ3) is 4.04. The SMILES string of the molecule is CCOC(=O)C1=C(CN2CCCCC2)NC(=O)NC1c1ccc(C)o1. The zero-order valence-corrected chi connectivity index (χ0v) is 14.8. The fourth-order valence-electron chi connectivity index (χ4n) is 3.36. The summed E-state index contributed by atoms with van der Waals surface area (Å²) in [5.74, 6) is 0.830. The van der Waals surface area contributed by atoms with Crippen molar-refractivity contribution in [3.05, 3.63) is 34.9 Å². The molecule has 1 atom stereocenters. The number of aryl methyl sites for hydroxylation is 1. The van der Waals surface area contributed by atoms with Crippen LogP contribution in [0.15, 0.2) is 27.8 Å². The molecule has 0 saturated carbocycles. The number of piperidine rings is 1. The number of carbonyl (C=O) groups excluding carboxylic acids is 2. The van der Waals surface area contributed by atoms with Gasteiger partial charge in [0, 0.05) is 12.2 Å². The maximum absolute atomic E-state index is 12.6. The van der Waals surface area contributed by atoms with Crippen LogP contribution in [0.25, 0.3) is 0 Å². The first-order valence-electron chi connectivity index (χ1n) is 8.85. The maximum atomic E-state index is 12.6. The number of hydrogen-bond acceptors (Lipinski definition) is 5. The number of carbonyl (C=O) groups is 2. The van der Waals surface area contributed by atoms with E-state index in [1.54, 1.807) is 13.0 Å². The van der Waals surface area contributed by atoms with Crippen LogP contribution in [0.5, 0.6) is 0 Å². The van der Waals surface area contributed by atoms with Crippen molar-refractivity contribution in [2.75, 3.05) is 26.2 Å². The zero-order valence-electron chi connectivity index (χ0n) is 14.8. The minimum absolute atomic E-state index is 0.275. The lowest BCUT2D eigenvalue weighted by molar-refractivity contribution is -0.139. The normalized spacial score (nSPS) is 21.7. The molecule has 1 aromatic heterocycles. The molecular weight excluding hydrogens is 322 g/mol. The summed E-state index contributed by atoms with van der Waals surface area (Å²) in [6.45, 7) is 6.33. The van der Waals surface area contributed by atoms with Crippen molar-refractivity contribution in [3.8, 4) is 0 Å². The lowest BCUT2D eigenvalue weighted by Crippen LogP contribution is -2.48. The highest BCUT2D eigenvalue weighted by atomic mass is 16.5. The summed E-state index contributed by atoms with van der Waals surface area (Å²) in [6.07, 6.45) is 3.49. The van der Waals surface area contributed by atoms with Crippen LogP contribution in [-0.4, -0.2) is 43.1 Å². The van der Waals surface area contributed by atoms with Crippen molar-refractivity contribution < 1.29 is 18.7 Å². The number of amides is 2. The predicted octanol–water partition coefficient (Wildman–Crippen LogP) is 2.25. The van der Waals surface area contributed by atoms with Crippen molar-refractivity contribution in [2.24, 2.45) is 0 Å². The Morgan fingerprint density at radius 1 is 1.32 bits per heavy atom. The number of hydrogen-bond donors (Lipinski definition) is 2. The third-order valence-corrected chi connectivity index (χ3v) is 4.53. The average Bonchev–Trinajstić information content (AvgIpc) is 3.02. The molecule has 0 bridgehead atoms. The first-order valence-corrected chi connectivity index (χ1v) is 8.85. The molecule has 1 saturated heterocycles. The molecule has 1 unspecified atom stereocenters. The van der Waals surface area contributed by atoms with Gasteiger partial charge in [0.25, 0.3) is 0 Å². The first-order chi connectivity index (χ1) is 12.1. The Labute approximate surface area is 147 Å². The summed E-state index contributed by atoms with van der Waals surface area (Å²) in [7, 11) is 0. The van der Waals surface area contributed by atoms with Gasteiger partial charge in [-0.05, 0) is 51.9 Å². The number of ether oxygens (including phenoxy) is 1. The number of nitrogens with zero attached hydrogens (tertiary/aromatic N) is 1. The van der Waals surface area contributed by atoms with Gasteiger partial charge in [0.05, 0.1) is 12.2 Å². The molecule has 3 rings (SSSR count). The molecule has 2 N–H and O–H groups in total. The van der Waals surface area contributed by atoms with Crippen LogP contribution in [0.3, 0.4) is 0 Å². The maximum Gasteiger partial charge on any atom is 0.338 e. The summed E-state index contributed by atoms with van der Waals surface area (Å²) >= 11 is 0. The lowest BCUT2D eigenvalue weighted by atomic mass is 9.99. The molecule has 2 aliphatic heterocycles. The van der Waals surface area contributed by atoms with Gasteiger partial charge in [0.1, 0.15) is 17.6 Å². The van der Waals surface area contributed by atoms with E-state index in [0.717, 1.165) is 31.7 Å². The fraction of sp³-hybridized carbons (Fsp3) is 0.556. The van der Waals surface area contributed by atoms with Crippen molar-refractivity contribution >= 4 is 12.0 Å². The van der Waals surface area contributed by atoms with Gasteiger partial charge >= 0.3 is 12.0 Å². The Morgan fingerprint density at radius 2 is 2.08 bits per heavy atom. The molecule has 0 aromatic carbocycles. The van der Waals surface area contributed by atoms with Crippen LogP contribution in [-0.2, 0) is 9.53 Å². The topological polar surface area (TPSA) is 83.8 Å². The second kappa shape index (κ2) is 7.74. The molecule has 7 nitrogen and oxygen atoms in total. The average molecular weight is 347 g/mol. The lowest BCUT2D eigenvalue weighted by Gasteiger charge is -2.32. The van der Waals surface area contributed by atoms with E-state index >= 15 is 0 Å². The van der Waals surface area contributed by atoms with E-state index in [9.17, 15) is 9.59 Å². The van der Waals surface area contributed by atoms with Crippen LogP contribution in [0, 0.1) is 6.92 Å². The number of furan rings is 1. The van der Waals surface area contributed by atoms with Crippen molar-refractivity contribution in [1.29, 1.82) is 0 Å². The minimum atomic E-state index is -0.638. The van der Waals surface area contributed by atoms with Crippen molar-refractivity contribution in [1.82, 2.24) is 15.5 Å². The molecule has 0 aliphatic carbocycles. The molecule has 1 fully saturated rings. The molecule has 136 valence electrons. The highest BCUT2D eigenvalue weighted by molar-refractivity contribution is 5.95. The van der Waals surface area contributed by atoms with Gasteiger partial charge in [0.2, 0.25) is 0 Å². The Hall–Kier alpha value is -2.28. The predicted molar refractivity (Wildman–Crippen MR) is 91.8 cm³/mol. The smallest absolute Gasteiger partial charge is 0.338 e. The van der Waals surface area contributed by atoms with E-state index in [2.05, 4.69) is 15.5 Å². The van der Waals surface area contributed by atoms with E-state index in [1.807, 2.05) is 13.0 Å². The molecule has 0 spiro atoms. The van der Waals surface area contributed by atoms with E-state index in [0.29, 0.717) is 23.6 Å². The summed E-state index contributed by atoms with van der Waals surface area (Å²) in [5, 5.41) is 5.59. The van der Waals surface area contributed by atoms with Gasteiger partial charge in [-0.25, -0.2) is 9.59 Å². The van der Waals surface area contributed by atoms with Gasteiger partial charge in [0.15, 0.2) is 0 Å². The van der Waals surface area contributed by atoms with E-state index in [-0.39, 0.29) is 12.6 Å². The monoisotopic (exact) mass is 347 g/mol. The molecule has 2 aliphatic rings. The minimum Gasteiger partial charge on any atom is -0.464 e. The van der Waals surface area contributed by atoms with Crippen LogP contribution in [0.4, 0.5) is 4.79 Å². The van der Waals surface area contributed by atoms with Gasteiger partial charge in [-0.15, -0.1) is 0 Å². The number of esters is 1. The molecule has 25 heavy (non-hydrogen) atoms. The van der Waals surface area contributed by atoms with Crippen LogP contribution >= 0.6 is 0 Å². The summed E-state index contributed by atoms with van der Waals surface area (Å²) in [6, 6.07) is 2.63. The Kier molecular flexibility index (Phi) is 5.43. The number of urea groups is 1. The number of nitrogens with one attached hydrogen (secondary N) is 2. The molecule has 2 amide bonds. The van der Waals surface area contributed by atoms with E-state index in [1.165, 1.54) is 6.42 Å². The van der Waals surface area contributed by atoms with E-state index < -0.39 is 12.0 Å². The summed E-state index contributed by atoms with van der Waals surface area (Å²) in [5.41, 5.74) is 1.02. The zero-order chi connectivity index (χ0) is 17.8. The summed E-state index contributed by atoms with van der Waals surface area (Å²) in [4.78, 5) is 27.0. The molecular formula is C18H25N3O4. The third-order valence-electron chi connectivity index (χ3n) is 4.53. The Morgan fingerprint density at radius 3 is 2.72 bits per heavy atom. The molecule has 7 heteroatoms. The Bertz CT molecular complexity index is 674. The second-order valence-corrected chi connectivity index (χ2v) is 6.43. The van der Waals surface area contributed by atoms with Gasteiger partial charge < -0.3 is 19.8 Å². The standard InChI is InChI=1S/C18H25N3O4/c1-3-24-17(22)15-13(11-21-9-5-4-6-10-21)19-18(23)20-16(15)14-8-7-12(2)25-14/h7-8,16H,3-6,9-11H2,1-2H3,(H2,19,20,23). The molecule has 1 aromatic rings. The number of rotatable bonds is 5. The van der Waals surface area contributed by atoms with Gasteiger partial charge in [-0.1, -0.05) is 6.42 Å².